The molecule has 4 atom stereocenters. The molecule has 0 heterocycles. The second kappa shape index (κ2) is 3.51. The summed E-state index contributed by atoms with van der Waals surface area (Å²) in [6.07, 6.45) is 13.8. The van der Waals surface area contributed by atoms with E-state index in [1.54, 1.807) is 44.9 Å². The van der Waals surface area contributed by atoms with Crippen molar-refractivity contribution in [1.29, 1.82) is 0 Å². The van der Waals surface area contributed by atoms with E-state index in [9.17, 15) is 0 Å². The van der Waals surface area contributed by atoms with Gasteiger partial charge in [0.25, 0.3) is 0 Å². The number of thiol groups is 1. The molecule has 0 saturated heterocycles. The average Bonchev–Trinajstić information content (AvgIpc) is 3.14. The minimum absolute atomic E-state index is 0.625. The van der Waals surface area contributed by atoms with Gasteiger partial charge in [-0.1, -0.05) is 20.3 Å². The minimum atomic E-state index is 0.625. The molecule has 1 heteroatoms. The first kappa shape index (κ1) is 12.1. The predicted octanol–water partition coefficient (Wildman–Crippen LogP) is 5.08. The van der Waals surface area contributed by atoms with Crippen LogP contribution >= 0.6 is 12.6 Å². The van der Waals surface area contributed by atoms with Crippen LogP contribution < -0.4 is 0 Å². The fraction of sp³-hybridized carbons (Fsp3) is 1.00. The van der Waals surface area contributed by atoms with Crippen LogP contribution in [0, 0.1) is 28.1 Å². The van der Waals surface area contributed by atoms with E-state index in [2.05, 4.69) is 13.8 Å². The van der Waals surface area contributed by atoms with Crippen LogP contribution in [0.4, 0.5) is 0 Å². The van der Waals surface area contributed by atoms with Gasteiger partial charge in [-0.05, 0) is 79.4 Å². The van der Waals surface area contributed by atoms with Crippen molar-refractivity contribution in [3.63, 3.8) is 0 Å². The Bertz CT molecular complexity index is 364. The highest BCUT2D eigenvalue weighted by atomic mass is 32.1. The van der Waals surface area contributed by atoms with Crippen LogP contribution in [0.1, 0.15) is 71.6 Å². The lowest BCUT2D eigenvalue weighted by Gasteiger charge is -2.37. The van der Waals surface area contributed by atoms with Crippen LogP contribution in [0.5, 0.6) is 0 Å². The molecule has 5 fully saturated rings. The Kier molecular flexibility index (Phi) is 2.36. The molecule has 0 radical (unpaired) electrons. The van der Waals surface area contributed by atoms with Gasteiger partial charge in [-0.25, -0.2) is 0 Å². The van der Waals surface area contributed by atoms with Crippen LogP contribution in [-0.2, 0) is 0 Å². The molecule has 0 amide bonds. The molecule has 5 aliphatic carbocycles. The van der Waals surface area contributed by atoms with Gasteiger partial charge in [-0.2, -0.15) is 12.6 Å². The van der Waals surface area contributed by atoms with Crippen molar-refractivity contribution < 1.29 is 0 Å². The predicted molar refractivity (Wildman–Crippen MR) is 80.0 cm³/mol. The standard InChI is InChI=1S/C17H28S/c1-3-5-16-6-4-13-11-15(13)7-9-17(16,10-8-15)14(16)12(2)18/h12-14,18H,3-11H2,1-2H3/t12?,13?,14?,15?,16-,17?/m0/s1. The van der Waals surface area contributed by atoms with Gasteiger partial charge >= 0.3 is 0 Å². The normalized spacial score (nSPS) is 58.2. The molecule has 2 bridgehead atoms. The molecule has 5 saturated carbocycles. The van der Waals surface area contributed by atoms with Crippen molar-refractivity contribution >= 4 is 12.6 Å². The Morgan fingerprint density at radius 1 is 1.17 bits per heavy atom. The van der Waals surface area contributed by atoms with Gasteiger partial charge < -0.3 is 0 Å². The molecule has 18 heavy (non-hydrogen) atoms. The topological polar surface area (TPSA) is 0 Å². The summed E-state index contributed by atoms with van der Waals surface area (Å²) in [5.41, 5.74) is 2.32. The van der Waals surface area contributed by atoms with Crippen molar-refractivity contribution in [2.75, 3.05) is 0 Å². The van der Waals surface area contributed by atoms with Gasteiger partial charge in [0, 0.05) is 5.25 Å². The van der Waals surface area contributed by atoms with Gasteiger partial charge in [0.05, 0.1) is 0 Å². The van der Waals surface area contributed by atoms with Gasteiger partial charge in [0.15, 0.2) is 0 Å². The number of hydrogen-bond donors (Lipinski definition) is 1. The molecule has 5 rings (SSSR count). The van der Waals surface area contributed by atoms with E-state index in [-0.39, 0.29) is 0 Å². The summed E-state index contributed by atoms with van der Waals surface area (Å²) in [7, 11) is 0. The average molecular weight is 264 g/mol. The van der Waals surface area contributed by atoms with Crippen molar-refractivity contribution in [2.24, 2.45) is 28.1 Å². The Hall–Kier alpha value is 0.350. The van der Waals surface area contributed by atoms with E-state index < -0.39 is 0 Å². The zero-order valence-corrected chi connectivity index (χ0v) is 12.9. The summed E-state index contributed by atoms with van der Waals surface area (Å²) >= 11 is 4.88. The van der Waals surface area contributed by atoms with Crippen molar-refractivity contribution in [3.05, 3.63) is 0 Å². The van der Waals surface area contributed by atoms with Crippen LogP contribution in [0.2, 0.25) is 0 Å². The lowest BCUT2D eigenvalue weighted by molar-refractivity contribution is 0.135. The zero-order chi connectivity index (χ0) is 12.6. The first-order valence-electron chi connectivity index (χ1n) is 8.28. The van der Waals surface area contributed by atoms with Crippen LogP contribution in [0.25, 0.3) is 0 Å². The minimum Gasteiger partial charge on any atom is -0.176 e. The highest BCUT2D eigenvalue weighted by Crippen LogP contribution is 2.85. The van der Waals surface area contributed by atoms with E-state index in [0.717, 1.165) is 28.1 Å². The van der Waals surface area contributed by atoms with E-state index in [1.807, 2.05) is 0 Å². The van der Waals surface area contributed by atoms with E-state index >= 15 is 0 Å². The number of rotatable bonds is 3. The lowest BCUT2D eigenvalue weighted by atomic mass is 9.68. The fourth-order valence-corrected chi connectivity index (χ4v) is 7.54. The summed E-state index contributed by atoms with van der Waals surface area (Å²) in [5, 5.41) is 0.625. The van der Waals surface area contributed by atoms with Gasteiger partial charge in [0.2, 0.25) is 0 Å². The van der Waals surface area contributed by atoms with E-state index in [0.29, 0.717) is 5.25 Å². The number of hydrogen-bond acceptors (Lipinski definition) is 1. The Morgan fingerprint density at radius 2 is 1.89 bits per heavy atom. The van der Waals surface area contributed by atoms with Gasteiger partial charge in [-0.3, -0.25) is 0 Å². The molecular weight excluding hydrogens is 236 g/mol. The third-order valence-electron chi connectivity index (χ3n) is 7.71. The maximum Gasteiger partial charge on any atom is 0.00277 e. The Balaban J connectivity index is 1.70. The third kappa shape index (κ3) is 1.21. The molecule has 2 spiro atoms. The Morgan fingerprint density at radius 3 is 2.50 bits per heavy atom. The van der Waals surface area contributed by atoms with Crippen LogP contribution in [-0.4, -0.2) is 5.25 Å². The lowest BCUT2D eigenvalue weighted by Crippen LogP contribution is -2.26. The first-order valence-corrected chi connectivity index (χ1v) is 8.80. The highest BCUT2D eigenvalue weighted by molar-refractivity contribution is 7.80. The molecule has 0 aromatic rings. The smallest absolute Gasteiger partial charge is 0.00277 e. The summed E-state index contributed by atoms with van der Waals surface area (Å²) in [6, 6.07) is 0. The monoisotopic (exact) mass is 264 g/mol. The summed E-state index contributed by atoms with van der Waals surface area (Å²) < 4.78 is 0. The molecule has 102 valence electrons. The molecule has 0 N–H and O–H groups in total. The quantitative estimate of drug-likeness (QED) is 0.675. The largest absolute Gasteiger partial charge is 0.176 e. The molecular formula is C17H28S. The van der Waals surface area contributed by atoms with Crippen molar-refractivity contribution in [3.8, 4) is 0 Å². The highest BCUT2D eigenvalue weighted by Gasteiger charge is 2.78. The number of fused-ring (bicyclic) bond motifs is 3. The summed E-state index contributed by atoms with van der Waals surface area (Å²) in [5.74, 6) is 2.07. The van der Waals surface area contributed by atoms with Gasteiger partial charge in [-0.15, -0.1) is 0 Å². The van der Waals surface area contributed by atoms with Gasteiger partial charge in [0.1, 0.15) is 0 Å². The summed E-state index contributed by atoms with van der Waals surface area (Å²) in [4.78, 5) is 0. The zero-order valence-electron chi connectivity index (χ0n) is 12.0. The second-order valence-electron chi connectivity index (χ2n) is 8.08. The molecule has 0 aromatic heterocycles. The molecule has 0 aliphatic heterocycles. The maximum absolute atomic E-state index is 4.88. The van der Waals surface area contributed by atoms with E-state index in [4.69, 9.17) is 12.6 Å². The molecule has 0 aromatic carbocycles. The van der Waals surface area contributed by atoms with Crippen LogP contribution in [0.15, 0.2) is 0 Å². The molecule has 0 nitrogen and oxygen atoms in total. The molecule has 5 aliphatic rings. The summed E-state index contributed by atoms with van der Waals surface area (Å²) in [6.45, 7) is 4.76. The first-order chi connectivity index (χ1) is 8.60. The van der Waals surface area contributed by atoms with E-state index in [1.165, 1.54) is 12.8 Å². The second-order valence-corrected chi connectivity index (χ2v) is 8.90. The SMILES string of the molecule is CCC[C@@]12CCC3CC34CCC1(CC4)C2C(C)S. The molecule has 3 unspecified atom stereocenters. The van der Waals surface area contributed by atoms with Crippen LogP contribution in [0.3, 0.4) is 0 Å². The maximum atomic E-state index is 4.88. The fourth-order valence-electron chi connectivity index (χ4n) is 6.97. The van der Waals surface area contributed by atoms with Crippen molar-refractivity contribution in [1.82, 2.24) is 0 Å². The van der Waals surface area contributed by atoms with Crippen molar-refractivity contribution in [2.45, 2.75) is 76.9 Å². The Labute approximate surface area is 118 Å². The third-order valence-corrected chi connectivity index (χ3v) is 8.01.